The van der Waals surface area contributed by atoms with Crippen molar-refractivity contribution in [1.29, 1.82) is 0 Å². The molecule has 6 amide bonds. The lowest BCUT2D eigenvalue weighted by atomic mass is 9.95. The minimum atomic E-state index is -1.02. The van der Waals surface area contributed by atoms with Crippen molar-refractivity contribution in [3.05, 3.63) is 65.6 Å². The summed E-state index contributed by atoms with van der Waals surface area (Å²) in [7, 11) is 0. The van der Waals surface area contributed by atoms with Crippen LogP contribution in [0.1, 0.15) is 58.4 Å². The molecule has 0 saturated carbocycles. The minimum Gasteiger partial charge on any atom is -0.463 e. The van der Waals surface area contributed by atoms with Crippen molar-refractivity contribution in [3.8, 4) is 0 Å². The molecular formula is C50H69N9O13. The van der Waals surface area contributed by atoms with Gasteiger partial charge in [-0.05, 0) is 49.1 Å². The highest BCUT2D eigenvalue weighted by atomic mass is 16.6. The molecule has 22 nitrogen and oxygen atoms in total. The number of anilines is 3. The molecule has 0 bridgehead atoms. The van der Waals surface area contributed by atoms with E-state index in [1.807, 2.05) is 11.1 Å². The second-order valence-electron chi connectivity index (χ2n) is 18.4. The quantitative estimate of drug-likeness (QED) is 0.0879. The van der Waals surface area contributed by atoms with E-state index in [-0.39, 0.29) is 48.1 Å². The number of piperazine rings is 1. The number of fused-ring (bicyclic) bond motifs is 1. The first-order chi connectivity index (χ1) is 35.2. The second-order valence-corrected chi connectivity index (χ2v) is 18.4. The Labute approximate surface area is 419 Å². The largest absolute Gasteiger partial charge is 0.463 e. The van der Waals surface area contributed by atoms with Gasteiger partial charge in [0.25, 0.3) is 11.8 Å². The number of imide groups is 2. The number of nitrogens with one attached hydrogen (secondary N) is 2. The molecule has 72 heavy (non-hydrogen) atoms. The van der Waals surface area contributed by atoms with Crippen LogP contribution in [0.25, 0.3) is 0 Å². The summed E-state index contributed by atoms with van der Waals surface area (Å²) in [5.41, 5.74) is 9.92. The maximum Gasteiger partial charge on any atom is 0.264 e. The Morgan fingerprint density at radius 2 is 1.40 bits per heavy atom. The number of primary amides is 1. The summed E-state index contributed by atoms with van der Waals surface area (Å²) in [5.74, 6) is -2.44. The number of ether oxygens (including phenoxy) is 7. The first kappa shape index (κ1) is 52.6. The molecule has 4 saturated heterocycles. The fourth-order valence-electron chi connectivity index (χ4n) is 9.75. The lowest BCUT2D eigenvalue weighted by molar-refractivity contribution is -0.136. The van der Waals surface area contributed by atoms with E-state index in [4.69, 9.17) is 38.9 Å². The summed E-state index contributed by atoms with van der Waals surface area (Å²) in [6, 6.07) is 10.5. The third-order valence-electron chi connectivity index (χ3n) is 13.7. The van der Waals surface area contributed by atoms with Gasteiger partial charge in [0.05, 0.1) is 108 Å². The van der Waals surface area contributed by atoms with Crippen LogP contribution in [-0.4, -0.2) is 206 Å². The summed E-state index contributed by atoms with van der Waals surface area (Å²) in [4.78, 5) is 87.3. The number of amides is 6. The van der Waals surface area contributed by atoms with Gasteiger partial charge < -0.3 is 54.0 Å². The van der Waals surface area contributed by atoms with E-state index in [1.165, 1.54) is 5.56 Å². The number of rotatable bonds is 26. The number of morpholine rings is 1. The summed E-state index contributed by atoms with van der Waals surface area (Å²) in [6.45, 7) is 12.2. The van der Waals surface area contributed by atoms with Crippen molar-refractivity contribution in [1.82, 2.24) is 24.9 Å². The molecule has 0 radical (unpaired) electrons. The summed E-state index contributed by atoms with van der Waals surface area (Å²) >= 11 is 0. The molecule has 8 rings (SSSR count). The van der Waals surface area contributed by atoms with Crippen LogP contribution < -0.4 is 26.2 Å². The van der Waals surface area contributed by atoms with Gasteiger partial charge in [-0.3, -0.25) is 48.8 Å². The van der Waals surface area contributed by atoms with Crippen LogP contribution in [0.3, 0.4) is 0 Å². The molecule has 0 spiro atoms. The van der Waals surface area contributed by atoms with Crippen LogP contribution in [0.5, 0.6) is 0 Å². The zero-order valence-corrected chi connectivity index (χ0v) is 41.0. The van der Waals surface area contributed by atoms with Crippen molar-refractivity contribution in [2.24, 2.45) is 11.7 Å². The number of nitrogens with zero attached hydrogens (tertiary/aromatic N) is 6. The average molecular weight is 1000 g/mol. The topological polar surface area (TPSA) is 237 Å². The molecule has 392 valence electrons. The van der Waals surface area contributed by atoms with Gasteiger partial charge in [0.2, 0.25) is 30.0 Å². The smallest absolute Gasteiger partial charge is 0.264 e. The molecule has 6 aliphatic heterocycles. The van der Waals surface area contributed by atoms with E-state index >= 15 is 0 Å². The predicted molar refractivity (Wildman–Crippen MR) is 262 cm³/mol. The maximum atomic E-state index is 13.2. The zero-order valence-electron chi connectivity index (χ0n) is 41.0. The summed E-state index contributed by atoms with van der Waals surface area (Å²) < 4.78 is 39.8. The number of nitrogens with two attached hydrogens (primary N) is 1. The van der Waals surface area contributed by atoms with Gasteiger partial charge in [0.15, 0.2) is 0 Å². The van der Waals surface area contributed by atoms with Gasteiger partial charge in [-0.2, -0.15) is 0 Å². The Balaban J connectivity index is 0.632. The van der Waals surface area contributed by atoms with Crippen LogP contribution in [0.15, 0.2) is 48.9 Å². The number of carbonyl (C=O) groups excluding carboxylic acids is 6. The molecule has 2 aromatic rings. The fourth-order valence-corrected chi connectivity index (χ4v) is 9.75. The minimum absolute atomic E-state index is 0.0574. The molecule has 6 aliphatic rings. The molecule has 2 atom stereocenters. The fraction of sp³-hybridized carbons (Fsp3) is 0.600. The molecule has 2 unspecified atom stereocenters. The van der Waals surface area contributed by atoms with Crippen LogP contribution >= 0.6 is 0 Å². The van der Waals surface area contributed by atoms with E-state index < -0.39 is 29.7 Å². The highest BCUT2D eigenvalue weighted by Gasteiger charge is 2.45. The number of hydrogen-bond acceptors (Lipinski definition) is 18. The molecule has 0 aromatic heterocycles. The molecule has 22 heteroatoms. The van der Waals surface area contributed by atoms with Crippen LogP contribution in [0, 0.1) is 5.92 Å². The van der Waals surface area contributed by atoms with E-state index in [0.29, 0.717) is 111 Å². The van der Waals surface area contributed by atoms with Gasteiger partial charge in [0.1, 0.15) is 12.3 Å². The monoisotopic (exact) mass is 1000 g/mol. The molecular weight excluding hydrogens is 935 g/mol. The first-order valence-electron chi connectivity index (χ1n) is 25.2. The van der Waals surface area contributed by atoms with Crippen molar-refractivity contribution in [2.75, 3.05) is 153 Å². The lowest BCUT2D eigenvalue weighted by Crippen LogP contribution is -2.54. The second kappa shape index (κ2) is 26.3. The third-order valence-corrected chi connectivity index (χ3v) is 13.7. The normalized spacial score (nSPS) is 21.1. The Bertz CT molecular complexity index is 2230. The Morgan fingerprint density at radius 3 is 2.07 bits per heavy atom. The van der Waals surface area contributed by atoms with Gasteiger partial charge in [-0.25, -0.2) is 4.90 Å². The number of carbonyl (C=O) groups is 6. The van der Waals surface area contributed by atoms with Gasteiger partial charge in [-0.1, -0.05) is 12.1 Å². The molecule has 0 aliphatic carbocycles. The van der Waals surface area contributed by atoms with Crippen molar-refractivity contribution < 1.29 is 61.9 Å². The molecule has 2 aromatic carbocycles. The average Bonchev–Trinajstić information content (AvgIpc) is 3.98. The molecule has 4 N–H and O–H groups in total. The van der Waals surface area contributed by atoms with Gasteiger partial charge >= 0.3 is 0 Å². The predicted octanol–water partition coefficient (Wildman–Crippen LogP) is 0.943. The Morgan fingerprint density at radius 1 is 0.736 bits per heavy atom. The lowest BCUT2D eigenvalue weighted by Gasteiger charge is -2.39. The van der Waals surface area contributed by atoms with Crippen molar-refractivity contribution >= 4 is 52.5 Å². The summed E-state index contributed by atoms with van der Waals surface area (Å²) in [6.07, 6.45) is 5.42. The molecule has 4 fully saturated rings. The number of hydrogen-bond donors (Lipinski definition) is 3. The number of benzene rings is 2. The van der Waals surface area contributed by atoms with Crippen LogP contribution in [0.2, 0.25) is 0 Å². The number of piperidine rings is 2. The van der Waals surface area contributed by atoms with E-state index in [0.717, 1.165) is 74.9 Å². The van der Waals surface area contributed by atoms with Gasteiger partial charge in [-0.15, -0.1) is 0 Å². The highest BCUT2D eigenvalue weighted by Crippen LogP contribution is 2.38. The van der Waals surface area contributed by atoms with Gasteiger partial charge in [0, 0.05) is 89.7 Å². The van der Waals surface area contributed by atoms with E-state index in [2.05, 4.69) is 48.4 Å². The molecule has 6 heterocycles. The third kappa shape index (κ3) is 13.7. The van der Waals surface area contributed by atoms with Crippen molar-refractivity contribution in [3.63, 3.8) is 0 Å². The maximum absolute atomic E-state index is 13.2. The SMILES string of the molecule is NC(=O)C1CCN(c2cc(CN3CCN(C(=O)CCOCCOCCOCCOCCOCCNc4cccc5c4C(=O)N(C4CCC(=O)NC4=O)C5=O)CC3)ccc2N2C=COC2N2CCOCC2)CC1. The summed E-state index contributed by atoms with van der Waals surface area (Å²) in [5, 5.41) is 5.35. The zero-order chi connectivity index (χ0) is 50.2. The van der Waals surface area contributed by atoms with E-state index in [9.17, 15) is 28.8 Å². The Kier molecular flexibility index (Phi) is 19.2. The van der Waals surface area contributed by atoms with E-state index in [1.54, 1.807) is 24.5 Å². The first-order valence-corrected chi connectivity index (χ1v) is 25.2. The highest BCUT2D eigenvalue weighted by molar-refractivity contribution is 6.25. The van der Waals surface area contributed by atoms with Crippen LogP contribution in [-0.2, 0) is 58.9 Å². The Hall–Kier alpha value is -5.72. The van der Waals surface area contributed by atoms with Crippen molar-refractivity contribution in [2.45, 2.75) is 51.0 Å². The van der Waals surface area contributed by atoms with Crippen LogP contribution in [0.4, 0.5) is 17.1 Å². The standard InChI is InChI=1S/C50H69N9O13/c51-46(62)37-8-12-55(13-9-37)42-34-36(4-5-40(42)58-20-25-72-50(58)57-18-23-68-24-19-57)35-54-14-16-56(17-15-54)44(61)10-21-66-26-28-69-30-32-71-33-31-70-29-27-67-22-11-52-39-3-1-2-38-45(39)49(65)59(48(38)64)41-6-7-43(60)53-47(41)63/h1-5,20,25,34,37,41,50,52H,6-19,21-24,26-33,35H2,(H2,51,62)(H,53,60,63).